The lowest BCUT2D eigenvalue weighted by molar-refractivity contribution is -0.194. The molecule has 0 unspecified atom stereocenters. The second-order valence-electron chi connectivity index (χ2n) is 6.64. The first-order valence-corrected chi connectivity index (χ1v) is 8.22. The molecule has 1 aliphatic heterocycles. The Morgan fingerprint density at radius 1 is 1.36 bits per heavy atom. The number of hydrogen-bond acceptors (Lipinski definition) is 3. The van der Waals surface area contributed by atoms with Crippen LogP contribution in [-0.2, 0) is 18.4 Å². The van der Waals surface area contributed by atoms with E-state index in [1.54, 1.807) is 6.33 Å². The number of nitrogens with one attached hydrogen (secondary N) is 1. The molecule has 2 heterocycles. The molecule has 1 aromatic heterocycles. The molecule has 0 saturated carbocycles. The maximum atomic E-state index is 13.4. The molecular formula is C17H21F3N4O. The van der Waals surface area contributed by atoms with E-state index in [0.29, 0.717) is 6.42 Å². The van der Waals surface area contributed by atoms with Gasteiger partial charge in [-0.3, -0.25) is 9.69 Å². The van der Waals surface area contributed by atoms with Gasteiger partial charge in [-0.15, -0.1) is 0 Å². The summed E-state index contributed by atoms with van der Waals surface area (Å²) < 4.78 is 42.1. The summed E-state index contributed by atoms with van der Waals surface area (Å²) in [6.07, 6.45) is -2.28. The molecule has 1 aromatic carbocycles. The highest BCUT2D eigenvalue weighted by Crippen LogP contribution is 2.33. The lowest BCUT2D eigenvalue weighted by Crippen LogP contribution is -2.55. The maximum absolute atomic E-state index is 13.4. The van der Waals surface area contributed by atoms with E-state index in [4.69, 9.17) is 0 Å². The van der Waals surface area contributed by atoms with Crippen molar-refractivity contribution < 1.29 is 18.0 Å². The Balaban J connectivity index is 1.81. The molecule has 0 bridgehead atoms. The number of likely N-dealkylation sites (tertiary alicyclic amines) is 1. The van der Waals surface area contributed by atoms with Crippen LogP contribution in [0.3, 0.4) is 0 Å². The minimum atomic E-state index is -4.28. The Morgan fingerprint density at radius 3 is 2.80 bits per heavy atom. The number of fused-ring (bicyclic) bond motifs is 1. The van der Waals surface area contributed by atoms with E-state index >= 15 is 0 Å². The number of carbonyl (C=O) groups is 1. The summed E-state index contributed by atoms with van der Waals surface area (Å²) in [5.74, 6) is -0.217. The normalized spacial score (nSPS) is 22.3. The highest BCUT2D eigenvalue weighted by atomic mass is 19.4. The molecule has 1 fully saturated rings. The van der Waals surface area contributed by atoms with Crippen molar-refractivity contribution >= 4 is 16.9 Å². The van der Waals surface area contributed by atoms with E-state index in [1.165, 1.54) is 11.8 Å². The minimum Gasteiger partial charge on any atom is -0.352 e. The fourth-order valence-corrected chi connectivity index (χ4v) is 3.51. The van der Waals surface area contributed by atoms with Crippen molar-refractivity contribution in [2.45, 2.75) is 44.6 Å². The van der Waals surface area contributed by atoms with Crippen LogP contribution in [-0.4, -0.2) is 45.2 Å². The van der Waals surface area contributed by atoms with Gasteiger partial charge in [0.2, 0.25) is 5.91 Å². The molecular weight excluding hydrogens is 333 g/mol. The summed E-state index contributed by atoms with van der Waals surface area (Å²) in [7, 11) is 1.87. The van der Waals surface area contributed by atoms with Gasteiger partial charge >= 0.3 is 6.18 Å². The predicted molar refractivity (Wildman–Crippen MR) is 87.8 cm³/mol. The van der Waals surface area contributed by atoms with Gasteiger partial charge in [-0.1, -0.05) is 6.07 Å². The molecule has 1 aliphatic rings. The van der Waals surface area contributed by atoms with E-state index in [-0.39, 0.29) is 31.5 Å². The maximum Gasteiger partial charge on any atom is 0.404 e. The number of halogens is 3. The first kappa shape index (κ1) is 17.7. The third-order valence-electron chi connectivity index (χ3n) is 4.64. The molecule has 25 heavy (non-hydrogen) atoms. The zero-order valence-corrected chi connectivity index (χ0v) is 14.2. The van der Waals surface area contributed by atoms with E-state index in [9.17, 15) is 18.0 Å². The van der Waals surface area contributed by atoms with Gasteiger partial charge in [0.25, 0.3) is 0 Å². The van der Waals surface area contributed by atoms with Crippen LogP contribution in [0.5, 0.6) is 0 Å². The summed E-state index contributed by atoms with van der Waals surface area (Å²) in [5.41, 5.74) is 2.48. The van der Waals surface area contributed by atoms with Crippen molar-refractivity contribution in [3.8, 4) is 0 Å². The van der Waals surface area contributed by atoms with E-state index in [2.05, 4.69) is 10.3 Å². The van der Waals surface area contributed by atoms with Crippen LogP contribution < -0.4 is 5.32 Å². The van der Waals surface area contributed by atoms with Gasteiger partial charge in [-0.2, -0.15) is 13.2 Å². The number of amides is 1. The Labute approximate surface area is 143 Å². The summed E-state index contributed by atoms with van der Waals surface area (Å²) in [6, 6.07) is 3.78. The molecule has 0 aliphatic carbocycles. The molecule has 1 amide bonds. The smallest absolute Gasteiger partial charge is 0.352 e. The van der Waals surface area contributed by atoms with Crippen molar-refractivity contribution in [3.05, 3.63) is 30.1 Å². The first-order valence-electron chi connectivity index (χ1n) is 8.22. The fraction of sp³-hybridized carbons (Fsp3) is 0.529. The zero-order valence-electron chi connectivity index (χ0n) is 14.2. The second-order valence-corrected chi connectivity index (χ2v) is 6.64. The number of hydrogen-bond donors (Lipinski definition) is 1. The number of imidazole rings is 1. The zero-order chi connectivity index (χ0) is 18.2. The van der Waals surface area contributed by atoms with Gasteiger partial charge in [-0.05, 0) is 30.5 Å². The molecule has 2 aromatic rings. The largest absolute Gasteiger partial charge is 0.404 e. The number of nitrogens with zero attached hydrogens (tertiary/aromatic N) is 3. The lowest BCUT2D eigenvalue weighted by Gasteiger charge is -2.40. The predicted octanol–water partition coefficient (Wildman–Crippen LogP) is 2.60. The highest BCUT2D eigenvalue weighted by Gasteiger charge is 2.46. The van der Waals surface area contributed by atoms with Gasteiger partial charge in [0.15, 0.2) is 0 Å². The highest BCUT2D eigenvalue weighted by molar-refractivity contribution is 5.76. The summed E-state index contributed by atoms with van der Waals surface area (Å²) >= 11 is 0. The van der Waals surface area contributed by atoms with Crippen molar-refractivity contribution in [1.82, 2.24) is 19.8 Å². The third-order valence-corrected chi connectivity index (χ3v) is 4.64. The Kier molecular flexibility index (Phi) is 4.73. The molecule has 136 valence electrons. The molecule has 0 radical (unpaired) electrons. The monoisotopic (exact) mass is 354 g/mol. The van der Waals surface area contributed by atoms with Crippen LogP contribution in [0.25, 0.3) is 11.0 Å². The van der Waals surface area contributed by atoms with E-state index < -0.39 is 12.2 Å². The SMILES string of the molecule is CC(=O)N[C@@H]1CC[C@H](C(F)(F)F)N(Cc2ccc3c(c2)ncn3C)C1. The minimum absolute atomic E-state index is 0.0136. The Bertz CT molecular complexity index is 771. The molecule has 1 N–H and O–H groups in total. The molecule has 3 rings (SSSR count). The Hall–Kier alpha value is -2.09. The molecule has 5 nitrogen and oxygen atoms in total. The van der Waals surface area contributed by atoms with Crippen LogP contribution in [0.2, 0.25) is 0 Å². The van der Waals surface area contributed by atoms with Crippen molar-refractivity contribution in [2.24, 2.45) is 7.05 Å². The molecule has 1 saturated heterocycles. The second kappa shape index (κ2) is 6.67. The van der Waals surface area contributed by atoms with Gasteiger partial charge in [0.05, 0.1) is 17.4 Å². The first-order chi connectivity index (χ1) is 11.7. The summed E-state index contributed by atoms with van der Waals surface area (Å²) in [6.45, 7) is 1.74. The number of alkyl halides is 3. The quantitative estimate of drug-likeness (QED) is 0.922. The van der Waals surface area contributed by atoms with Crippen LogP contribution in [0.15, 0.2) is 24.5 Å². The fourth-order valence-electron chi connectivity index (χ4n) is 3.51. The third kappa shape index (κ3) is 3.95. The van der Waals surface area contributed by atoms with Crippen molar-refractivity contribution in [2.75, 3.05) is 6.54 Å². The molecule has 0 spiro atoms. The average molecular weight is 354 g/mol. The number of aromatic nitrogens is 2. The van der Waals surface area contributed by atoms with Crippen LogP contribution in [0.1, 0.15) is 25.3 Å². The van der Waals surface area contributed by atoms with E-state index in [0.717, 1.165) is 16.6 Å². The Morgan fingerprint density at radius 2 is 2.12 bits per heavy atom. The van der Waals surface area contributed by atoms with Crippen LogP contribution in [0, 0.1) is 0 Å². The molecule has 8 heteroatoms. The van der Waals surface area contributed by atoms with Crippen molar-refractivity contribution in [3.63, 3.8) is 0 Å². The number of rotatable bonds is 3. The van der Waals surface area contributed by atoms with Crippen LogP contribution >= 0.6 is 0 Å². The average Bonchev–Trinajstić information content (AvgIpc) is 2.86. The van der Waals surface area contributed by atoms with Crippen LogP contribution in [0.4, 0.5) is 13.2 Å². The number of carbonyl (C=O) groups excluding carboxylic acids is 1. The summed E-state index contributed by atoms with van der Waals surface area (Å²) in [5, 5.41) is 2.74. The van der Waals surface area contributed by atoms with Gasteiger partial charge in [0.1, 0.15) is 6.04 Å². The number of aryl methyl sites for hydroxylation is 1. The lowest BCUT2D eigenvalue weighted by atomic mass is 9.96. The van der Waals surface area contributed by atoms with Gasteiger partial charge in [-0.25, -0.2) is 4.98 Å². The van der Waals surface area contributed by atoms with Crippen molar-refractivity contribution in [1.29, 1.82) is 0 Å². The standard InChI is InChI=1S/C17H21F3N4O/c1-11(25)22-13-4-6-16(17(18,19)20)24(9-13)8-12-3-5-15-14(7-12)21-10-23(15)2/h3,5,7,10,13,16H,4,6,8-9H2,1-2H3,(H,22,25)/t13-,16-/m1/s1. The van der Waals surface area contributed by atoms with E-state index in [1.807, 2.05) is 29.8 Å². The number of piperidine rings is 1. The van der Waals surface area contributed by atoms with Gasteiger partial charge < -0.3 is 9.88 Å². The topological polar surface area (TPSA) is 50.2 Å². The molecule has 2 atom stereocenters. The van der Waals surface area contributed by atoms with Gasteiger partial charge in [0, 0.05) is 33.1 Å². The summed E-state index contributed by atoms with van der Waals surface area (Å²) in [4.78, 5) is 16.9. The number of benzene rings is 1.